The van der Waals surface area contributed by atoms with Crippen LogP contribution in [0.2, 0.25) is 0 Å². The predicted molar refractivity (Wildman–Crippen MR) is 113 cm³/mol. The Bertz CT molecular complexity index is 1010. The quantitative estimate of drug-likeness (QED) is 0.668. The largest absolute Gasteiger partial charge is 0.482 e. The lowest BCUT2D eigenvalue weighted by Gasteiger charge is -2.44. The van der Waals surface area contributed by atoms with Gasteiger partial charge in [0.1, 0.15) is 11.4 Å². The number of aromatic nitrogens is 4. The van der Waals surface area contributed by atoms with E-state index >= 15 is 0 Å². The van der Waals surface area contributed by atoms with Gasteiger partial charge in [-0.05, 0) is 32.9 Å². The molecule has 1 saturated heterocycles. The van der Waals surface area contributed by atoms with Crippen molar-refractivity contribution in [2.45, 2.75) is 58.3 Å². The molecule has 1 fully saturated rings. The zero-order valence-corrected chi connectivity index (χ0v) is 17.5. The van der Waals surface area contributed by atoms with E-state index in [0.29, 0.717) is 6.04 Å². The van der Waals surface area contributed by atoms with Crippen LogP contribution >= 0.6 is 0 Å². The minimum Gasteiger partial charge on any atom is -0.482 e. The normalized spacial score (nSPS) is 17.9. The second-order valence-electron chi connectivity index (χ2n) is 8.52. The molecular formula is C23H29N5O. The Morgan fingerprint density at radius 2 is 1.90 bits per heavy atom. The van der Waals surface area contributed by atoms with Gasteiger partial charge in [-0.15, -0.1) is 0 Å². The van der Waals surface area contributed by atoms with Crippen molar-refractivity contribution >= 4 is 0 Å². The molecule has 6 heteroatoms. The number of para-hydroxylation sites is 1. The number of hydrogen-bond acceptors (Lipinski definition) is 4. The highest BCUT2D eigenvalue weighted by atomic mass is 16.5. The van der Waals surface area contributed by atoms with Crippen molar-refractivity contribution in [3.05, 3.63) is 54.0 Å². The average Bonchev–Trinajstić information content (AvgIpc) is 3.38. The number of benzene rings is 1. The van der Waals surface area contributed by atoms with Gasteiger partial charge in [-0.2, -0.15) is 10.2 Å². The molecule has 0 aliphatic carbocycles. The summed E-state index contributed by atoms with van der Waals surface area (Å²) in [4.78, 5) is 2.51. The molecule has 152 valence electrons. The lowest BCUT2D eigenvalue weighted by atomic mass is 9.81. The van der Waals surface area contributed by atoms with E-state index in [9.17, 15) is 0 Å². The first-order chi connectivity index (χ1) is 14.1. The number of nitrogens with zero attached hydrogens (tertiary/aromatic N) is 5. The highest BCUT2D eigenvalue weighted by Gasteiger charge is 2.45. The molecule has 2 aliphatic heterocycles. The highest BCUT2D eigenvalue weighted by Crippen LogP contribution is 2.50. The Balaban J connectivity index is 1.42. The van der Waals surface area contributed by atoms with Crippen molar-refractivity contribution in [2.24, 2.45) is 0 Å². The van der Waals surface area contributed by atoms with Crippen molar-refractivity contribution < 1.29 is 4.74 Å². The van der Waals surface area contributed by atoms with Gasteiger partial charge in [0.25, 0.3) is 0 Å². The summed E-state index contributed by atoms with van der Waals surface area (Å²) in [6, 6.07) is 8.72. The van der Waals surface area contributed by atoms with Gasteiger partial charge in [-0.25, -0.2) is 0 Å². The Hall–Kier alpha value is -2.60. The lowest BCUT2D eigenvalue weighted by molar-refractivity contribution is -0.00698. The lowest BCUT2D eigenvalue weighted by Crippen LogP contribution is -2.47. The van der Waals surface area contributed by atoms with Crippen LogP contribution in [-0.4, -0.2) is 37.6 Å². The zero-order valence-electron chi connectivity index (χ0n) is 17.5. The topological polar surface area (TPSA) is 48.1 Å². The molecule has 0 N–H and O–H groups in total. The number of likely N-dealkylation sites (tertiary alicyclic amines) is 1. The molecule has 1 spiro atoms. The maximum Gasteiger partial charge on any atom is 0.140 e. The average molecular weight is 392 g/mol. The van der Waals surface area contributed by atoms with Gasteiger partial charge in [-0.1, -0.05) is 12.1 Å². The highest BCUT2D eigenvalue weighted by molar-refractivity contribution is 5.73. The van der Waals surface area contributed by atoms with Crippen molar-refractivity contribution in [3.8, 4) is 17.0 Å². The van der Waals surface area contributed by atoms with Crippen LogP contribution in [0.4, 0.5) is 0 Å². The third kappa shape index (κ3) is 3.06. The van der Waals surface area contributed by atoms with Gasteiger partial charge in [0, 0.05) is 67.9 Å². The molecule has 4 heterocycles. The van der Waals surface area contributed by atoms with E-state index in [1.165, 1.54) is 16.8 Å². The second kappa shape index (κ2) is 7.02. The summed E-state index contributed by atoms with van der Waals surface area (Å²) in [7, 11) is 0. The van der Waals surface area contributed by atoms with Crippen LogP contribution in [0.5, 0.6) is 5.75 Å². The van der Waals surface area contributed by atoms with Gasteiger partial charge < -0.3 is 4.74 Å². The summed E-state index contributed by atoms with van der Waals surface area (Å²) in [5, 5.41) is 9.17. The van der Waals surface area contributed by atoms with Crippen LogP contribution < -0.4 is 4.74 Å². The SMILES string of the molecule is CCn1cc(CN2CCC3(CC2)Oc2ccccc2-c2c3cnn2C(C)C)cn1. The first kappa shape index (κ1) is 18.4. The first-order valence-corrected chi connectivity index (χ1v) is 10.7. The molecule has 3 aromatic rings. The van der Waals surface area contributed by atoms with E-state index in [-0.39, 0.29) is 5.60 Å². The molecule has 2 aliphatic rings. The molecule has 0 unspecified atom stereocenters. The standard InChI is InChI=1S/C23H29N5O/c1-4-27-16-18(13-24-27)15-26-11-9-23(10-12-26)20-14-25-28(17(2)3)22(20)19-7-5-6-8-21(19)29-23/h5-8,13-14,16-17H,4,9-12,15H2,1-3H3. The minimum atomic E-state index is -0.277. The zero-order chi connectivity index (χ0) is 20.0. The van der Waals surface area contributed by atoms with E-state index < -0.39 is 0 Å². The van der Waals surface area contributed by atoms with Crippen LogP contribution in [0.25, 0.3) is 11.3 Å². The fraction of sp³-hybridized carbons (Fsp3) is 0.478. The number of hydrogen-bond donors (Lipinski definition) is 0. The van der Waals surface area contributed by atoms with Crippen molar-refractivity contribution in [1.82, 2.24) is 24.5 Å². The molecule has 29 heavy (non-hydrogen) atoms. The van der Waals surface area contributed by atoms with E-state index in [1.54, 1.807) is 0 Å². The van der Waals surface area contributed by atoms with Crippen LogP contribution in [0, 0.1) is 0 Å². The maximum atomic E-state index is 6.70. The van der Waals surface area contributed by atoms with E-state index in [0.717, 1.165) is 50.3 Å². The fourth-order valence-electron chi connectivity index (χ4n) is 4.74. The van der Waals surface area contributed by atoms with Gasteiger partial charge in [0.15, 0.2) is 0 Å². The smallest absolute Gasteiger partial charge is 0.140 e. The second-order valence-corrected chi connectivity index (χ2v) is 8.52. The summed E-state index contributed by atoms with van der Waals surface area (Å²) < 4.78 is 10.9. The molecule has 0 radical (unpaired) electrons. The van der Waals surface area contributed by atoms with Crippen molar-refractivity contribution in [3.63, 3.8) is 0 Å². The fourth-order valence-corrected chi connectivity index (χ4v) is 4.74. The Labute approximate surface area is 172 Å². The van der Waals surface area contributed by atoms with Crippen LogP contribution in [0.1, 0.15) is 50.8 Å². The first-order valence-electron chi connectivity index (χ1n) is 10.7. The van der Waals surface area contributed by atoms with Crippen LogP contribution in [0.3, 0.4) is 0 Å². The summed E-state index contributed by atoms with van der Waals surface area (Å²) in [5.74, 6) is 0.986. The molecule has 0 saturated carbocycles. The minimum absolute atomic E-state index is 0.277. The number of rotatable bonds is 4. The molecule has 5 rings (SSSR count). The third-order valence-electron chi connectivity index (χ3n) is 6.30. The third-order valence-corrected chi connectivity index (χ3v) is 6.30. The Morgan fingerprint density at radius 3 is 2.62 bits per heavy atom. The number of aryl methyl sites for hydroxylation is 1. The summed E-state index contributed by atoms with van der Waals surface area (Å²) in [6.45, 7) is 10.4. The Kier molecular flexibility index (Phi) is 4.46. The van der Waals surface area contributed by atoms with Crippen LogP contribution in [0.15, 0.2) is 42.9 Å². The molecular weight excluding hydrogens is 362 g/mol. The van der Waals surface area contributed by atoms with Crippen molar-refractivity contribution in [2.75, 3.05) is 13.1 Å². The number of piperidine rings is 1. The molecule has 0 amide bonds. The molecule has 1 aromatic carbocycles. The summed E-state index contributed by atoms with van der Waals surface area (Å²) in [6.07, 6.45) is 8.14. The van der Waals surface area contributed by atoms with E-state index in [1.807, 2.05) is 17.1 Å². The number of fused-ring (bicyclic) bond motifs is 4. The molecule has 0 bridgehead atoms. The van der Waals surface area contributed by atoms with Crippen LogP contribution in [-0.2, 0) is 18.7 Å². The number of ether oxygens (including phenoxy) is 1. The summed E-state index contributed by atoms with van der Waals surface area (Å²) in [5.41, 5.74) is 4.66. The predicted octanol–water partition coefficient (Wildman–Crippen LogP) is 4.23. The molecule has 6 nitrogen and oxygen atoms in total. The van der Waals surface area contributed by atoms with E-state index in [4.69, 9.17) is 9.84 Å². The monoisotopic (exact) mass is 391 g/mol. The maximum absolute atomic E-state index is 6.70. The Morgan fingerprint density at radius 1 is 1.10 bits per heavy atom. The van der Waals surface area contributed by atoms with Gasteiger partial charge in [-0.3, -0.25) is 14.3 Å². The molecule has 2 aromatic heterocycles. The molecule has 0 atom stereocenters. The summed E-state index contributed by atoms with van der Waals surface area (Å²) >= 11 is 0. The van der Waals surface area contributed by atoms with Gasteiger partial charge >= 0.3 is 0 Å². The van der Waals surface area contributed by atoms with Gasteiger partial charge in [0.05, 0.1) is 18.1 Å². The van der Waals surface area contributed by atoms with Crippen molar-refractivity contribution in [1.29, 1.82) is 0 Å². The van der Waals surface area contributed by atoms with E-state index in [2.05, 4.69) is 65.9 Å². The van der Waals surface area contributed by atoms with Gasteiger partial charge in [0.2, 0.25) is 0 Å².